The lowest BCUT2D eigenvalue weighted by molar-refractivity contribution is 0.663. The maximum absolute atomic E-state index is 5.92. The number of fused-ring (bicyclic) bond motifs is 1. The molecule has 0 amide bonds. The number of nitrogens with one attached hydrogen (secondary N) is 1. The van der Waals surface area contributed by atoms with E-state index in [9.17, 15) is 0 Å². The summed E-state index contributed by atoms with van der Waals surface area (Å²) in [5.41, 5.74) is 9.67. The monoisotopic (exact) mass is 284 g/mol. The summed E-state index contributed by atoms with van der Waals surface area (Å²) in [4.78, 5) is 8.58. The summed E-state index contributed by atoms with van der Waals surface area (Å²) in [5.74, 6) is 1.07. The number of hydrogen-bond acceptors (Lipinski definition) is 3. The molecule has 0 radical (unpaired) electrons. The van der Waals surface area contributed by atoms with E-state index in [-0.39, 0.29) is 0 Å². The van der Waals surface area contributed by atoms with E-state index in [0.717, 1.165) is 18.5 Å². The Morgan fingerprint density at radius 2 is 2.24 bits per heavy atom. The SMILES string of the molecule is Cn1nc2c(c1CN=C(N)Nc1ccccn1)CCCC2. The van der Waals surface area contributed by atoms with E-state index >= 15 is 0 Å². The van der Waals surface area contributed by atoms with Crippen molar-refractivity contribution >= 4 is 11.8 Å². The third kappa shape index (κ3) is 3.04. The largest absolute Gasteiger partial charge is 0.370 e. The molecule has 0 unspecified atom stereocenters. The molecule has 6 nitrogen and oxygen atoms in total. The number of hydrogen-bond donors (Lipinski definition) is 2. The number of anilines is 1. The van der Waals surface area contributed by atoms with E-state index in [1.165, 1.54) is 24.1 Å². The molecule has 0 saturated heterocycles. The maximum atomic E-state index is 5.92. The van der Waals surface area contributed by atoms with Crippen LogP contribution in [0.25, 0.3) is 0 Å². The Kier molecular flexibility index (Phi) is 3.85. The molecule has 110 valence electrons. The lowest BCUT2D eigenvalue weighted by atomic mass is 9.96. The predicted octanol–water partition coefficient (Wildman–Crippen LogP) is 1.62. The van der Waals surface area contributed by atoms with Crippen molar-refractivity contribution in [2.45, 2.75) is 32.2 Å². The van der Waals surface area contributed by atoms with Gasteiger partial charge in [0.1, 0.15) is 5.82 Å². The molecule has 3 rings (SSSR count). The lowest BCUT2D eigenvalue weighted by Crippen LogP contribution is -2.23. The Labute approximate surface area is 124 Å². The van der Waals surface area contributed by atoms with E-state index in [1.807, 2.05) is 29.9 Å². The Morgan fingerprint density at radius 1 is 1.38 bits per heavy atom. The van der Waals surface area contributed by atoms with Gasteiger partial charge in [0.15, 0.2) is 5.96 Å². The zero-order chi connectivity index (χ0) is 14.7. The summed E-state index contributed by atoms with van der Waals surface area (Å²) in [6.45, 7) is 0.546. The van der Waals surface area contributed by atoms with E-state index < -0.39 is 0 Å². The fraction of sp³-hybridized carbons (Fsp3) is 0.400. The number of aliphatic imine (C=N–C) groups is 1. The molecule has 0 fully saturated rings. The van der Waals surface area contributed by atoms with Crippen LogP contribution >= 0.6 is 0 Å². The van der Waals surface area contributed by atoms with Crippen LogP contribution in [0.3, 0.4) is 0 Å². The molecule has 6 heteroatoms. The molecule has 0 spiro atoms. The quantitative estimate of drug-likeness (QED) is 0.663. The number of aryl methyl sites for hydroxylation is 2. The number of aromatic nitrogens is 3. The summed E-state index contributed by atoms with van der Waals surface area (Å²) < 4.78 is 1.94. The van der Waals surface area contributed by atoms with Gasteiger partial charge in [0.2, 0.25) is 0 Å². The normalized spacial score (nSPS) is 14.8. The third-order valence-corrected chi connectivity index (χ3v) is 3.77. The van der Waals surface area contributed by atoms with Crippen LogP contribution in [0.2, 0.25) is 0 Å². The van der Waals surface area contributed by atoms with Crippen molar-refractivity contribution in [3.05, 3.63) is 41.3 Å². The molecule has 0 saturated carbocycles. The van der Waals surface area contributed by atoms with Gasteiger partial charge in [0, 0.05) is 13.2 Å². The molecule has 21 heavy (non-hydrogen) atoms. The van der Waals surface area contributed by atoms with Gasteiger partial charge in [0.05, 0.1) is 17.9 Å². The second-order valence-corrected chi connectivity index (χ2v) is 5.24. The molecule has 1 aliphatic rings. The highest BCUT2D eigenvalue weighted by Gasteiger charge is 2.18. The van der Waals surface area contributed by atoms with Crippen LogP contribution in [0.1, 0.15) is 29.8 Å². The van der Waals surface area contributed by atoms with Crippen LogP contribution in [0.4, 0.5) is 5.82 Å². The number of rotatable bonds is 3. The molecule has 3 N–H and O–H groups in total. The highest BCUT2D eigenvalue weighted by Crippen LogP contribution is 2.24. The number of nitrogens with zero attached hydrogens (tertiary/aromatic N) is 4. The molecule has 2 aromatic rings. The van der Waals surface area contributed by atoms with E-state index in [4.69, 9.17) is 5.73 Å². The Morgan fingerprint density at radius 3 is 3.05 bits per heavy atom. The topological polar surface area (TPSA) is 81.1 Å². The molecular weight excluding hydrogens is 264 g/mol. The summed E-state index contributed by atoms with van der Waals surface area (Å²) in [5, 5.41) is 7.58. The van der Waals surface area contributed by atoms with Gasteiger partial charge in [-0.25, -0.2) is 9.98 Å². The van der Waals surface area contributed by atoms with Crippen LogP contribution in [-0.4, -0.2) is 20.7 Å². The minimum atomic E-state index is 0.374. The molecule has 0 aliphatic heterocycles. The average molecular weight is 284 g/mol. The summed E-state index contributed by atoms with van der Waals surface area (Å²) in [7, 11) is 1.98. The van der Waals surface area contributed by atoms with Crippen molar-refractivity contribution in [1.29, 1.82) is 0 Å². The van der Waals surface area contributed by atoms with Crippen molar-refractivity contribution in [1.82, 2.24) is 14.8 Å². The Bertz CT molecular complexity index is 644. The van der Waals surface area contributed by atoms with Gasteiger partial charge in [-0.15, -0.1) is 0 Å². The number of nitrogens with two attached hydrogens (primary N) is 1. The molecule has 1 aliphatic carbocycles. The second-order valence-electron chi connectivity index (χ2n) is 5.24. The summed E-state index contributed by atoms with van der Waals surface area (Å²) in [6.07, 6.45) is 6.36. The van der Waals surface area contributed by atoms with E-state index in [2.05, 4.69) is 20.4 Å². The first kappa shape index (κ1) is 13.6. The highest BCUT2D eigenvalue weighted by atomic mass is 15.3. The van der Waals surface area contributed by atoms with Crippen molar-refractivity contribution in [2.24, 2.45) is 17.8 Å². The first-order chi connectivity index (χ1) is 10.2. The molecule has 2 aromatic heterocycles. The number of pyridine rings is 1. The van der Waals surface area contributed by atoms with Crippen LogP contribution < -0.4 is 11.1 Å². The second kappa shape index (κ2) is 5.95. The fourth-order valence-electron chi connectivity index (χ4n) is 2.71. The Balaban J connectivity index is 1.72. The summed E-state index contributed by atoms with van der Waals surface area (Å²) >= 11 is 0. The highest BCUT2D eigenvalue weighted by molar-refractivity contribution is 5.91. The Hall–Kier alpha value is -2.37. The predicted molar refractivity (Wildman–Crippen MR) is 83.0 cm³/mol. The zero-order valence-corrected chi connectivity index (χ0v) is 12.2. The first-order valence-corrected chi connectivity index (χ1v) is 7.25. The van der Waals surface area contributed by atoms with Gasteiger partial charge in [-0.2, -0.15) is 5.10 Å². The maximum Gasteiger partial charge on any atom is 0.194 e. The van der Waals surface area contributed by atoms with Gasteiger partial charge in [0.25, 0.3) is 0 Å². The summed E-state index contributed by atoms with van der Waals surface area (Å²) in [6, 6.07) is 5.62. The van der Waals surface area contributed by atoms with E-state index in [1.54, 1.807) is 6.20 Å². The molecule has 0 bridgehead atoms. The first-order valence-electron chi connectivity index (χ1n) is 7.25. The van der Waals surface area contributed by atoms with Crippen LogP contribution in [0.5, 0.6) is 0 Å². The van der Waals surface area contributed by atoms with Gasteiger partial charge >= 0.3 is 0 Å². The molecule has 0 aromatic carbocycles. The van der Waals surface area contributed by atoms with Gasteiger partial charge < -0.3 is 11.1 Å². The third-order valence-electron chi connectivity index (χ3n) is 3.77. The van der Waals surface area contributed by atoms with Crippen molar-refractivity contribution < 1.29 is 0 Å². The minimum Gasteiger partial charge on any atom is -0.370 e. The standard InChI is InChI=1S/C15H20N6/c1-21-13(11-6-2-3-7-12(11)20-21)10-18-15(16)19-14-8-4-5-9-17-14/h4-5,8-9H,2-3,6-7,10H2,1H3,(H3,16,17,18,19). The number of guanidine groups is 1. The average Bonchev–Trinajstić information content (AvgIpc) is 2.81. The van der Waals surface area contributed by atoms with Crippen LogP contribution in [0, 0.1) is 0 Å². The van der Waals surface area contributed by atoms with Gasteiger partial charge in [-0.05, 0) is 43.4 Å². The smallest absolute Gasteiger partial charge is 0.194 e. The van der Waals surface area contributed by atoms with Crippen molar-refractivity contribution in [3.8, 4) is 0 Å². The zero-order valence-electron chi connectivity index (χ0n) is 12.2. The molecule has 2 heterocycles. The minimum absolute atomic E-state index is 0.374. The van der Waals surface area contributed by atoms with Crippen molar-refractivity contribution in [3.63, 3.8) is 0 Å². The van der Waals surface area contributed by atoms with Gasteiger partial charge in [-0.3, -0.25) is 4.68 Å². The fourth-order valence-corrected chi connectivity index (χ4v) is 2.71. The lowest BCUT2D eigenvalue weighted by Gasteiger charge is -2.10. The molecular formula is C15H20N6. The van der Waals surface area contributed by atoms with Crippen LogP contribution in [-0.2, 0) is 26.4 Å². The van der Waals surface area contributed by atoms with Gasteiger partial charge in [-0.1, -0.05) is 6.07 Å². The molecule has 0 atom stereocenters. The van der Waals surface area contributed by atoms with Crippen LogP contribution in [0.15, 0.2) is 29.4 Å². The van der Waals surface area contributed by atoms with Crippen molar-refractivity contribution in [2.75, 3.05) is 5.32 Å². The van der Waals surface area contributed by atoms with E-state index in [0.29, 0.717) is 18.3 Å².